The van der Waals surface area contributed by atoms with Gasteiger partial charge in [0.05, 0.1) is 5.69 Å². The molecule has 2 heterocycles. The lowest BCUT2D eigenvalue weighted by Gasteiger charge is -2.31. The molecule has 1 aromatic heterocycles. The monoisotopic (exact) mass is 319 g/mol. The number of carbonyl (C=O) groups is 1. The van der Waals surface area contributed by atoms with Crippen molar-refractivity contribution in [2.45, 2.75) is 71.4 Å². The first kappa shape index (κ1) is 16.5. The van der Waals surface area contributed by atoms with E-state index in [4.69, 9.17) is 4.52 Å². The van der Waals surface area contributed by atoms with Crippen LogP contribution in [0, 0.1) is 19.8 Å². The number of rotatable bonds is 5. The summed E-state index contributed by atoms with van der Waals surface area (Å²) in [5.41, 5.74) is 2.22. The summed E-state index contributed by atoms with van der Waals surface area (Å²) in [5.74, 6) is 1.74. The Balaban J connectivity index is 1.40. The number of nitrogens with one attached hydrogen (secondary N) is 1. The number of aryl methyl sites for hydroxylation is 2. The van der Waals surface area contributed by atoms with Gasteiger partial charge in [0.25, 0.3) is 0 Å². The van der Waals surface area contributed by atoms with Crippen molar-refractivity contribution in [1.82, 2.24) is 15.4 Å². The molecule has 2 fully saturated rings. The molecule has 23 heavy (non-hydrogen) atoms. The van der Waals surface area contributed by atoms with E-state index in [1.54, 1.807) is 0 Å². The predicted octanol–water partition coefficient (Wildman–Crippen LogP) is 2.95. The lowest BCUT2D eigenvalue weighted by atomic mass is 9.92. The molecule has 0 bridgehead atoms. The van der Waals surface area contributed by atoms with Gasteiger partial charge in [0.15, 0.2) is 0 Å². The number of aromatic nitrogens is 1. The molecule has 1 aliphatic heterocycles. The average molecular weight is 319 g/mol. The zero-order valence-electron chi connectivity index (χ0n) is 14.4. The van der Waals surface area contributed by atoms with Gasteiger partial charge in [-0.15, -0.1) is 0 Å². The Morgan fingerprint density at radius 3 is 2.52 bits per heavy atom. The molecular weight excluding hydrogens is 290 g/mol. The number of hydrogen-bond acceptors (Lipinski definition) is 4. The normalized spacial score (nSPS) is 21.0. The molecule has 5 heteroatoms. The molecular formula is C18H29N3O2. The first-order chi connectivity index (χ1) is 11.1. The van der Waals surface area contributed by atoms with Gasteiger partial charge in [0, 0.05) is 24.6 Å². The van der Waals surface area contributed by atoms with Crippen molar-refractivity contribution in [3.63, 3.8) is 0 Å². The third kappa shape index (κ3) is 4.34. The zero-order valence-corrected chi connectivity index (χ0v) is 14.4. The largest absolute Gasteiger partial charge is 0.361 e. The lowest BCUT2D eigenvalue weighted by Crippen LogP contribution is -2.37. The Kier molecular flexibility index (Phi) is 5.36. The first-order valence-corrected chi connectivity index (χ1v) is 9.05. The quantitative estimate of drug-likeness (QED) is 0.906. The van der Waals surface area contributed by atoms with Crippen molar-refractivity contribution in [3.8, 4) is 0 Å². The summed E-state index contributed by atoms with van der Waals surface area (Å²) in [6.07, 6.45) is 7.80. The van der Waals surface area contributed by atoms with Gasteiger partial charge in [0.2, 0.25) is 5.91 Å². The van der Waals surface area contributed by atoms with Crippen molar-refractivity contribution >= 4 is 5.91 Å². The van der Waals surface area contributed by atoms with E-state index in [0.29, 0.717) is 18.4 Å². The third-order valence-electron chi connectivity index (χ3n) is 5.46. The summed E-state index contributed by atoms with van der Waals surface area (Å²) in [5, 5.41) is 7.25. The highest BCUT2D eigenvalue weighted by Gasteiger charge is 2.24. The third-order valence-corrected chi connectivity index (χ3v) is 5.46. The van der Waals surface area contributed by atoms with Crippen LogP contribution in [0.5, 0.6) is 0 Å². The van der Waals surface area contributed by atoms with E-state index in [2.05, 4.69) is 15.4 Å². The molecule has 0 radical (unpaired) electrons. The van der Waals surface area contributed by atoms with E-state index in [-0.39, 0.29) is 5.91 Å². The second kappa shape index (κ2) is 7.47. The highest BCUT2D eigenvalue weighted by Crippen LogP contribution is 2.24. The Hall–Kier alpha value is -1.36. The molecule has 0 unspecified atom stereocenters. The molecule has 0 spiro atoms. The number of carbonyl (C=O) groups excluding carboxylic acids is 1. The number of likely N-dealkylation sites (tertiary alicyclic amines) is 1. The number of nitrogens with zero attached hydrogens (tertiary/aromatic N) is 2. The van der Waals surface area contributed by atoms with Crippen molar-refractivity contribution < 1.29 is 9.32 Å². The van der Waals surface area contributed by atoms with Crippen LogP contribution in [-0.2, 0) is 11.3 Å². The van der Waals surface area contributed by atoms with Crippen molar-refractivity contribution in [1.29, 1.82) is 0 Å². The standard InChI is InChI=1S/C18H29N3O2/c1-13-17(14(2)23-20-13)12-21-9-7-15(8-10-21)11-18(22)19-16-5-3-4-6-16/h15-16H,3-12H2,1-2H3,(H,19,22). The van der Waals surface area contributed by atoms with Gasteiger partial charge in [0.1, 0.15) is 5.76 Å². The number of hydrogen-bond donors (Lipinski definition) is 1. The minimum atomic E-state index is 0.265. The Bertz CT molecular complexity index is 507. The maximum atomic E-state index is 12.1. The fourth-order valence-corrected chi connectivity index (χ4v) is 3.92. The topological polar surface area (TPSA) is 58.4 Å². The van der Waals surface area contributed by atoms with Crippen LogP contribution in [0.2, 0.25) is 0 Å². The van der Waals surface area contributed by atoms with Gasteiger partial charge in [-0.1, -0.05) is 18.0 Å². The van der Waals surface area contributed by atoms with Crippen LogP contribution in [-0.4, -0.2) is 35.1 Å². The summed E-state index contributed by atoms with van der Waals surface area (Å²) >= 11 is 0. The van der Waals surface area contributed by atoms with Crippen LogP contribution < -0.4 is 5.32 Å². The van der Waals surface area contributed by atoms with Crippen LogP contribution in [0.25, 0.3) is 0 Å². The summed E-state index contributed by atoms with van der Waals surface area (Å²) < 4.78 is 5.24. The minimum Gasteiger partial charge on any atom is -0.361 e. The molecule has 1 aromatic rings. The predicted molar refractivity (Wildman–Crippen MR) is 89.0 cm³/mol. The highest BCUT2D eigenvalue weighted by atomic mass is 16.5. The SMILES string of the molecule is Cc1noc(C)c1CN1CCC(CC(=O)NC2CCCC2)CC1. The Morgan fingerprint density at radius 1 is 1.22 bits per heavy atom. The number of piperidine rings is 1. The molecule has 1 saturated heterocycles. The van der Waals surface area contributed by atoms with E-state index in [1.165, 1.54) is 31.2 Å². The maximum Gasteiger partial charge on any atom is 0.220 e. The molecule has 2 aliphatic rings. The highest BCUT2D eigenvalue weighted by molar-refractivity contribution is 5.76. The summed E-state index contributed by atoms with van der Waals surface area (Å²) in [7, 11) is 0. The second-order valence-electron chi connectivity index (χ2n) is 7.28. The van der Waals surface area contributed by atoms with E-state index in [0.717, 1.165) is 43.9 Å². The average Bonchev–Trinajstić information content (AvgIpc) is 3.14. The fourth-order valence-electron chi connectivity index (χ4n) is 3.92. The van der Waals surface area contributed by atoms with Gasteiger partial charge in [-0.05, 0) is 58.5 Å². The molecule has 1 aliphatic carbocycles. The molecule has 1 saturated carbocycles. The van der Waals surface area contributed by atoms with Crippen molar-refractivity contribution in [2.24, 2.45) is 5.92 Å². The smallest absolute Gasteiger partial charge is 0.220 e. The molecule has 5 nitrogen and oxygen atoms in total. The Labute approximate surface area is 138 Å². The molecule has 0 atom stereocenters. The van der Waals surface area contributed by atoms with Gasteiger partial charge < -0.3 is 9.84 Å². The van der Waals surface area contributed by atoms with E-state index in [9.17, 15) is 4.79 Å². The fraction of sp³-hybridized carbons (Fsp3) is 0.778. The van der Waals surface area contributed by atoms with Crippen LogP contribution in [0.1, 0.15) is 62.0 Å². The molecule has 3 rings (SSSR count). The lowest BCUT2D eigenvalue weighted by molar-refractivity contribution is -0.123. The van der Waals surface area contributed by atoms with E-state index < -0.39 is 0 Å². The molecule has 0 aromatic carbocycles. The first-order valence-electron chi connectivity index (χ1n) is 9.05. The van der Waals surface area contributed by atoms with E-state index >= 15 is 0 Å². The summed E-state index contributed by atoms with van der Waals surface area (Å²) in [6, 6.07) is 0.446. The summed E-state index contributed by atoms with van der Waals surface area (Å²) in [6.45, 7) is 7.03. The van der Waals surface area contributed by atoms with E-state index in [1.807, 2.05) is 13.8 Å². The maximum absolute atomic E-state index is 12.1. The van der Waals surface area contributed by atoms with Gasteiger partial charge in [-0.2, -0.15) is 0 Å². The van der Waals surface area contributed by atoms with Crippen LogP contribution in [0.4, 0.5) is 0 Å². The van der Waals surface area contributed by atoms with Crippen molar-refractivity contribution in [2.75, 3.05) is 13.1 Å². The van der Waals surface area contributed by atoms with Crippen LogP contribution in [0.15, 0.2) is 4.52 Å². The van der Waals surface area contributed by atoms with Crippen LogP contribution >= 0.6 is 0 Å². The van der Waals surface area contributed by atoms with Gasteiger partial charge in [-0.3, -0.25) is 9.69 Å². The molecule has 128 valence electrons. The van der Waals surface area contributed by atoms with Gasteiger partial charge >= 0.3 is 0 Å². The second-order valence-corrected chi connectivity index (χ2v) is 7.28. The summed E-state index contributed by atoms with van der Waals surface area (Å²) in [4.78, 5) is 14.6. The Morgan fingerprint density at radius 2 is 1.91 bits per heavy atom. The number of amides is 1. The molecule has 1 N–H and O–H groups in total. The van der Waals surface area contributed by atoms with Crippen molar-refractivity contribution in [3.05, 3.63) is 17.0 Å². The molecule has 1 amide bonds. The minimum absolute atomic E-state index is 0.265. The zero-order chi connectivity index (χ0) is 16.2. The van der Waals surface area contributed by atoms with Gasteiger partial charge in [-0.25, -0.2) is 0 Å². The van der Waals surface area contributed by atoms with Crippen LogP contribution in [0.3, 0.4) is 0 Å².